The number of amides is 2. The predicted molar refractivity (Wildman–Crippen MR) is 78.7 cm³/mol. The van der Waals surface area contributed by atoms with Crippen molar-refractivity contribution in [1.82, 2.24) is 5.32 Å². The number of primary amides is 1. The lowest BCUT2D eigenvalue weighted by molar-refractivity contribution is -0.121. The van der Waals surface area contributed by atoms with Gasteiger partial charge in [0.1, 0.15) is 5.76 Å². The van der Waals surface area contributed by atoms with Crippen molar-refractivity contribution in [1.29, 1.82) is 0 Å². The zero-order chi connectivity index (χ0) is 15.1. The fourth-order valence-corrected chi connectivity index (χ4v) is 2.10. The van der Waals surface area contributed by atoms with Gasteiger partial charge in [-0.05, 0) is 30.2 Å². The maximum atomic E-state index is 11.8. The van der Waals surface area contributed by atoms with E-state index in [1.54, 1.807) is 18.4 Å². The SMILES string of the molecule is NC(=O)c1ccccc1CCC(=O)NCCc1ccco1. The molecule has 0 spiro atoms. The second-order valence-electron chi connectivity index (χ2n) is 4.70. The molecule has 1 heterocycles. The highest BCUT2D eigenvalue weighted by Crippen LogP contribution is 2.10. The summed E-state index contributed by atoms with van der Waals surface area (Å²) in [4.78, 5) is 23.0. The molecule has 0 aliphatic rings. The van der Waals surface area contributed by atoms with Gasteiger partial charge in [0.15, 0.2) is 0 Å². The Balaban J connectivity index is 1.77. The van der Waals surface area contributed by atoms with Crippen LogP contribution in [0.4, 0.5) is 0 Å². The quantitative estimate of drug-likeness (QED) is 0.812. The van der Waals surface area contributed by atoms with Crippen molar-refractivity contribution in [3.63, 3.8) is 0 Å². The molecule has 0 radical (unpaired) electrons. The van der Waals surface area contributed by atoms with Crippen LogP contribution in [-0.4, -0.2) is 18.4 Å². The Labute approximate surface area is 123 Å². The van der Waals surface area contributed by atoms with E-state index < -0.39 is 5.91 Å². The molecule has 1 aromatic heterocycles. The van der Waals surface area contributed by atoms with Gasteiger partial charge in [0.2, 0.25) is 11.8 Å². The Morgan fingerprint density at radius 2 is 1.90 bits per heavy atom. The third-order valence-electron chi connectivity index (χ3n) is 3.18. The molecule has 0 unspecified atom stereocenters. The average Bonchev–Trinajstić information content (AvgIpc) is 2.98. The molecule has 5 nitrogen and oxygen atoms in total. The van der Waals surface area contributed by atoms with E-state index in [9.17, 15) is 9.59 Å². The highest BCUT2D eigenvalue weighted by Gasteiger charge is 2.09. The summed E-state index contributed by atoms with van der Waals surface area (Å²) in [5.74, 6) is 0.319. The average molecular weight is 286 g/mol. The fourth-order valence-electron chi connectivity index (χ4n) is 2.10. The van der Waals surface area contributed by atoms with E-state index in [1.165, 1.54) is 0 Å². The molecule has 0 saturated carbocycles. The summed E-state index contributed by atoms with van der Waals surface area (Å²) in [6, 6.07) is 10.8. The summed E-state index contributed by atoms with van der Waals surface area (Å²) < 4.78 is 5.18. The molecule has 21 heavy (non-hydrogen) atoms. The molecule has 0 fully saturated rings. The lowest BCUT2D eigenvalue weighted by Gasteiger charge is -2.07. The number of benzene rings is 1. The Hall–Kier alpha value is -2.56. The lowest BCUT2D eigenvalue weighted by atomic mass is 10.0. The van der Waals surface area contributed by atoms with Crippen molar-refractivity contribution in [2.24, 2.45) is 5.73 Å². The number of nitrogens with one attached hydrogen (secondary N) is 1. The number of hydrogen-bond acceptors (Lipinski definition) is 3. The van der Waals surface area contributed by atoms with E-state index in [2.05, 4.69) is 5.32 Å². The molecule has 110 valence electrons. The molecule has 2 amide bonds. The molecule has 0 aliphatic heterocycles. The summed E-state index contributed by atoms with van der Waals surface area (Å²) >= 11 is 0. The van der Waals surface area contributed by atoms with Crippen molar-refractivity contribution in [2.75, 3.05) is 6.54 Å². The smallest absolute Gasteiger partial charge is 0.248 e. The first-order valence-electron chi connectivity index (χ1n) is 6.83. The van der Waals surface area contributed by atoms with Crippen molar-refractivity contribution in [3.8, 4) is 0 Å². The van der Waals surface area contributed by atoms with E-state index in [-0.39, 0.29) is 5.91 Å². The third kappa shape index (κ3) is 4.49. The van der Waals surface area contributed by atoms with Crippen molar-refractivity contribution in [2.45, 2.75) is 19.3 Å². The number of carbonyl (C=O) groups is 2. The zero-order valence-electron chi connectivity index (χ0n) is 11.7. The molecule has 5 heteroatoms. The molecular weight excluding hydrogens is 268 g/mol. The second kappa shape index (κ2) is 7.28. The third-order valence-corrected chi connectivity index (χ3v) is 3.18. The van der Waals surface area contributed by atoms with Crippen LogP contribution in [-0.2, 0) is 17.6 Å². The van der Waals surface area contributed by atoms with E-state index in [1.807, 2.05) is 24.3 Å². The number of aryl methyl sites for hydroxylation is 1. The van der Waals surface area contributed by atoms with E-state index >= 15 is 0 Å². The van der Waals surface area contributed by atoms with Gasteiger partial charge in [-0.25, -0.2) is 0 Å². The molecule has 2 aromatic rings. The van der Waals surface area contributed by atoms with Gasteiger partial charge in [-0.2, -0.15) is 0 Å². The Morgan fingerprint density at radius 1 is 1.10 bits per heavy atom. The van der Waals surface area contributed by atoms with Gasteiger partial charge in [0.05, 0.1) is 6.26 Å². The summed E-state index contributed by atoms with van der Waals surface area (Å²) in [5.41, 5.74) is 6.58. The van der Waals surface area contributed by atoms with Crippen molar-refractivity contribution in [3.05, 3.63) is 59.5 Å². The second-order valence-corrected chi connectivity index (χ2v) is 4.70. The van der Waals surface area contributed by atoms with Gasteiger partial charge in [0, 0.05) is 24.9 Å². The lowest BCUT2D eigenvalue weighted by Crippen LogP contribution is -2.26. The predicted octanol–water partition coefficient (Wildman–Crippen LogP) is 1.67. The summed E-state index contributed by atoms with van der Waals surface area (Å²) in [6.45, 7) is 0.532. The monoisotopic (exact) mass is 286 g/mol. The first-order chi connectivity index (χ1) is 10.2. The van der Waals surface area contributed by atoms with Crippen LogP contribution in [0.15, 0.2) is 47.1 Å². The highest BCUT2D eigenvalue weighted by atomic mass is 16.3. The van der Waals surface area contributed by atoms with Crippen LogP contribution in [0.3, 0.4) is 0 Å². The zero-order valence-corrected chi connectivity index (χ0v) is 11.7. The van der Waals surface area contributed by atoms with Crippen LogP contribution < -0.4 is 11.1 Å². The highest BCUT2D eigenvalue weighted by molar-refractivity contribution is 5.94. The number of hydrogen-bond donors (Lipinski definition) is 2. The Morgan fingerprint density at radius 3 is 2.62 bits per heavy atom. The molecule has 0 bridgehead atoms. The van der Waals surface area contributed by atoms with Crippen molar-refractivity contribution < 1.29 is 14.0 Å². The maximum Gasteiger partial charge on any atom is 0.248 e. The number of carbonyl (C=O) groups excluding carboxylic acids is 2. The molecule has 2 rings (SSSR count). The van der Waals surface area contributed by atoms with Crippen LogP contribution in [0.1, 0.15) is 28.1 Å². The Bertz CT molecular complexity index is 606. The first kappa shape index (κ1) is 14.8. The van der Waals surface area contributed by atoms with Crippen LogP contribution in [0.5, 0.6) is 0 Å². The number of furan rings is 1. The summed E-state index contributed by atoms with van der Waals surface area (Å²) in [7, 11) is 0. The van der Waals surface area contributed by atoms with Crippen molar-refractivity contribution >= 4 is 11.8 Å². The molecule has 0 saturated heterocycles. The number of rotatable bonds is 7. The van der Waals surface area contributed by atoms with Crippen LogP contribution in [0.2, 0.25) is 0 Å². The van der Waals surface area contributed by atoms with Crippen LogP contribution >= 0.6 is 0 Å². The molecular formula is C16H18N2O3. The van der Waals surface area contributed by atoms with Gasteiger partial charge in [0.25, 0.3) is 0 Å². The van der Waals surface area contributed by atoms with Gasteiger partial charge in [-0.1, -0.05) is 18.2 Å². The van der Waals surface area contributed by atoms with Gasteiger partial charge >= 0.3 is 0 Å². The molecule has 0 atom stereocenters. The maximum absolute atomic E-state index is 11.8. The van der Waals surface area contributed by atoms with Crippen LogP contribution in [0, 0.1) is 0 Å². The van der Waals surface area contributed by atoms with Gasteiger partial charge in [-0.3, -0.25) is 9.59 Å². The van der Waals surface area contributed by atoms with E-state index in [0.717, 1.165) is 11.3 Å². The summed E-state index contributed by atoms with van der Waals surface area (Å²) in [6.07, 6.45) is 3.09. The molecule has 0 aliphatic carbocycles. The molecule has 1 aromatic carbocycles. The van der Waals surface area contributed by atoms with Gasteiger partial charge in [-0.15, -0.1) is 0 Å². The largest absolute Gasteiger partial charge is 0.469 e. The molecule has 3 N–H and O–H groups in total. The summed E-state index contributed by atoms with van der Waals surface area (Å²) in [5, 5.41) is 2.82. The van der Waals surface area contributed by atoms with E-state index in [0.29, 0.717) is 31.4 Å². The topological polar surface area (TPSA) is 85.3 Å². The Kier molecular flexibility index (Phi) is 5.15. The van der Waals surface area contributed by atoms with Crippen LogP contribution in [0.25, 0.3) is 0 Å². The van der Waals surface area contributed by atoms with Gasteiger partial charge < -0.3 is 15.5 Å². The van der Waals surface area contributed by atoms with E-state index in [4.69, 9.17) is 10.2 Å². The minimum Gasteiger partial charge on any atom is -0.469 e. The number of nitrogens with two attached hydrogens (primary N) is 1. The minimum absolute atomic E-state index is 0.0548. The standard InChI is InChI=1S/C16H18N2O3/c17-16(20)14-6-2-1-4-12(14)7-8-15(19)18-10-9-13-5-3-11-21-13/h1-6,11H,7-10H2,(H2,17,20)(H,18,19). The first-order valence-corrected chi connectivity index (χ1v) is 6.83. The normalized spacial score (nSPS) is 10.3. The fraction of sp³-hybridized carbons (Fsp3) is 0.250. The minimum atomic E-state index is -0.469.